The van der Waals surface area contributed by atoms with Gasteiger partial charge in [-0.1, -0.05) is 12.1 Å². The summed E-state index contributed by atoms with van der Waals surface area (Å²) in [7, 11) is -0.730. The summed E-state index contributed by atoms with van der Waals surface area (Å²) in [5.41, 5.74) is 0.796. The van der Waals surface area contributed by atoms with E-state index in [1.54, 1.807) is 31.4 Å². The number of hydrogen-bond donors (Lipinski definition) is 2. The number of benzene rings is 1. The topological polar surface area (TPSA) is 87.7 Å². The Balaban J connectivity index is 2.26. The first-order valence-electron chi connectivity index (χ1n) is 7.44. The second-order valence-electron chi connectivity index (χ2n) is 5.88. The van der Waals surface area contributed by atoms with Crippen molar-refractivity contribution in [2.24, 2.45) is 0 Å². The molecule has 1 fully saturated rings. The molecule has 0 aromatic heterocycles. The molecular weight excluding hydrogens is 318 g/mol. The average Bonchev–Trinajstić information content (AvgIpc) is 2.49. The number of carbonyl (C=O) groups is 1. The molecule has 1 aromatic carbocycles. The number of carbonyl (C=O) groups excluding carboxylic acids is 1. The third kappa shape index (κ3) is 4.01. The fourth-order valence-corrected chi connectivity index (χ4v) is 3.82. The highest BCUT2D eigenvalue weighted by atomic mass is 32.2. The Morgan fingerprint density at radius 2 is 1.96 bits per heavy atom. The Hall–Kier alpha value is -1.64. The lowest BCUT2D eigenvalue weighted by molar-refractivity contribution is -0.125. The first kappa shape index (κ1) is 17.7. The Morgan fingerprint density at radius 3 is 2.48 bits per heavy atom. The SMILES string of the molecule is COc1ccc([C@@H]2C[C@H](C(=O)NC(C)C)N(C)S(=O)(=O)N2)cc1. The number of ether oxygens (including phenoxy) is 1. The summed E-state index contributed by atoms with van der Waals surface area (Å²) < 4.78 is 33.4. The van der Waals surface area contributed by atoms with Crippen molar-refractivity contribution in [1.29, 1.82) is 0 Å². The highest BCUT2D eigenvalue weighted by Crippen LogP contribution is 2.28. The summed E-state index contributed by atoms with van der Waals surface area (Å²) in [6.07, 6.45) is 0.362. The minimum Gasteiger partial charge on any atom is -0.497 e. The van der Waals surface area contributed by atoms with E-state index in [1.807, 2.05) is 13.8 Å². The van der Waals surface area contributed by atoms with E-state index >= 15 is 0 Å². The van der Waals surface area contributed by atoms with Crippen LogP contribution in [0.2, 0.25) is 0 Å². The van der Waals surface area contributed by atoms with E-state index in [2.05, 4.69) is 10.0 Å². The summed E-state index contributed by atoms with van der Waals surface area (Å²) in [5.74, 6) is 0.407. The molecule has 2 atom stereocenters. The summed E-state index contributed by atoms with van der Waals surface area (Å²) in [4.78, 5) is 12.3. The molecule has 128 valence electrons. The zero-order valence-electron chi connectivity index (χ0n) is 13.7. The lowest BCUT2D eigenvalue weighted by Gasteiger charge is -2.36. The molecule has 2 N–H and O–H groups in total. The van der Waals surface area contributed by atoms with Gasteiger partial charge in [-0.15, -0.1) is 0 Å². The van der Waals surface area contributed by atoms with Crippen molar-refractivity contribution >= 4 is 16.1 Å². The Kier molecular flexibility index (Phi) is 5.28. The van der Waals surface area contributed by atoms with Gasteiger partial charge in [-0.05, 0) is 38.0 Å². The largest absolute Gasteiger partial charge is 0.497 e. The number of rotatable bonds is 4. The van der Waals surface area contributed by atoms with E-state index in [0.717, 1.165) is 9.87 Å². The van der Waals surface area contributed by atoms with Gasteiger partial charge in [-0.2, -0.15) is 17.4 Å². The third-order valence-corrected chi connectivity index (χ3v) is 5.42. The van der Waals surface area contributed by atoms with Gasteiger partial charge in [-0.25, -0.2) is 0 Å². The predicted molar refractivity (Wildman–Crippen MR) is 87.2 cm³/mol. The van der Waals surface area contributed by atoms with E-state index < -0.39 is 22.3 Å². The van der Waals surface area contributed by atoms with Crippen molar-refractivity contribution in [3.05, 3.63) is 29.8 Å². The third-order valence-electron chi connectivity index (χ3n) is 3.82. The number of methoxy groups -OCH3 is 1. The second kappa shape index (κ2) is 6.86. The van der Waals surface area contributed by atoms with Crippen LogP contribution in [0.25, 0.3) is 0 Å². The second-order valence-corrected chi connectivity index (χ2v) is 7.64. The fourth-order valence-electron chi connectivity index (χ4n) is 2.54. The monoisotopic (exact) mass is 341 g/mol. The van der Waals surface area contributed by atoms with Gasteiger partial charge in [-0.3, -0.25) is 4.79 Å². The van der Waals surface area contributed by atoms with Gasteiger partial charge in [0.2, 0.25) is 5.91 Å². The minimum absolute atomic E-state index is 0.0482. The Bertz CT molecular complexity index is 658. The average molecular weight is 341 g/mol. The molecule has 0 saturated carbocycles. The molecule has 0 unspecified atom stereocenters. The van der Waals surface area contributed by atoms with Crippen LogP contribution in [0.3, 0.4) is 0 Å². The lowest BCUT2D eigenvalue weighted by Crippen LogP contribution is -2.57. The summed E-state index contributed by atoms with van der Waals surface area (Å²) in [6, 6.07) is 5.90. The quantitative estimate of drug-likeness (QED) is 0.848. The molecule has 7 nitrogen and oxygen atoms in total. The van der Waals surface area contributed by atoms with E-state index in [0.29, 0.717) is 12.2 Å². The molecule has 1 amide bonds. The highest BCUT2D eigenvalue weighted by Gasteiger charge is 2.40. The fraction of sp³-hybridized carbons (Fsp3) is 0.533. The molecule has 0 bridgehead atoms. The molecular formula is C15H23N3O4S. The Morgan fingerprint density at radius 1 is 1.35 bits per heavy atom. The molecule has 2 rings (SSSR count). The maximum absolute atomic E-state index is 12.3. The maximum Gasteiger partial charge on any atom is 0.280 e. The normalized spacial score (nSPS) is 24.4. The Labute approximate surface area is 137 Å². The van der Waals surface area contributed by atoms with Crippen LogP contribution in [0, 0.1) is 0 Å². The van der Waals surface area contributed by atoms with Crippen LogP contribution in [0.1, 0.15) is 31.9 Å². The summed E-state index contributed by atoms with van der Waals surface area (Å²) >= 11 is 0. The first-order valence-corrected chi connectivity index (χ1v) is 8.88. The molecule has 1 aliphatic heterocycles. The molecule has 1 saturated heterocycles. The van der Waals surface area contributed by atoms with Gasteiger partial charge in [0.25, 0.3) is 10.2 Å². The minimum atomic E-state index is -3.71. The smallest absolute Gasteiger partial charge is 0.280 e. The van der Waals surface area contributed by atoms with E-state index in [4.69, 9.17) is 4.74 Å². The zero-order valence-corrected chi connectivity index (χ0v) is 14.6. The molecule has 0 radical (unpaired) electrons. The molecule has 1 heterocycles. The van der Waals surface area contributed by atoms with Crippen molar-refractivity contribution in [1.82, 2.24) is 14.3 Å². The van der Waals surface area contributed by atoms with Gasteiger partial charge >= 0.3 is 0 Å². The molecule has 1 aromatic rings. The zero-order chi connectivity index (χ0) is 17.2. The standard InChI is InChI=1S/C15H23N3O4S/c1-10(2)16-15(19)14-9-13(17-23(20,21)18(14)3)11-5-7-12(22-4)8-6-11/h5-8,10,13-14,17H,9H2,1-4H3,(H,16,19)/t13-,14+/m0/s1. The van der Waals surface area contributed by atoms with Crippen LogP contribution < -0.4 is 14.8 Å². The van der Waals surface area contributed by atoms with Gasteiger partial charge in [0.1, 0.15) is 11.8 Å². The van der Waals surface area contributed by atoms with Crippen molar-refractivity contribution in [2.75, 3.05) is 14.2 Å². The molecule has 1 aliphatic rings. The van der Waals surface area contributed by atoms with Crippen LogP contribution in [0.15, 0.2) is 24.3 Å². The number of likely N-dealkylation sites (N-methyl/N-ethyl adjacent to an activating group) is 1. The summed E-state index contributed by atoms with van der Waals surface area (Å²) in [6.45, 7) is 3.68. The number of nitrogens with one attached hydrogen (secondary N) is 2. The predicted octanol–water partition coefficient (Wildman–Crippen LogP) is 0.799. The van der Waals surface area contributed by atoms with Crippen LogP contribution in [-0.4, -0.2) is 44.9 Å². The van der Waals surface area contributed by atoms with E-state index in [9.17, 15) is 13.2 Å². The number of hydrogen-bond acceptors (Lipinski definition) is 4. The summed E-state index contributed by atoms with van der Waals surface area (Å²) in [5, 5.41) is 2.78. The van der Waals surface area contributed by atoms with E-state index in [1.165, 1.54) is 7.05 Å². The van der Waals surface area contributed by atoms with Crippen molar-refractivity contribution < 1.29 is 17.9 Å². The highest BCUT2D eigenvalue weighted by molar-refractivity contribution is 7.87. The van der Waals surface area contributed by atoms with Crippen LogP contribution in [0.4, 0.5) is 0 Å². The first-order chi connectivity index (χ1) is 10.7. The van der Waals surface area contributed by atoms with Crippen LogP contribution >= 0.6 is 0 Å². The molecule has 0 spiro atoms. The van der Waals surface area contributed by atoms with Gasteiger partial charge in [0, 0.05) is 19.1 Å². The van der Waals surface area contributed by atoms with Crippen LogP contribution in [0.5, 0.6) is 5.75 Å². The van der Waals surface area contributed by atoms with Gasteiger partial charge in [0.15, 0.2) is 0 Å². The molecule has 0 aliphatic carbocycles. The van der Waals surface area contributed by atoms with Crippen molar-refractivity contribution in [3.8, 4) is 5.75 Å². The van der Waals surface area contributed by atoms with Gasteiger partial charge < -0.3 is 10.1 Å². The molecule has 23 heavy (non-hydrogen) atoms. The maximum atomic E-state index is 12.3. The lowest BCUT2D eigenvalue weighted by atomic mass is 9.99. The van der Waals surface area contributed by atoms with E-state index in [-0.39, 0.29) is 11.9 Å². The van der Waals surface area contributed by atoms with Crippen molar-refractivity contribution in [2.45, 2.75) is 38.4 Å². The number of amides is 1. The molecule has 8 heteroatoms. The van der Waals surface area contributed by atoms with Crippen molar-refractivity contribution in [3.63, 3.8) is 0 Å². The van der Waals surface area contributed by atoms with Gasteiger partial charge in [0.05, 0.1) is 7.11 Å². The van der Waals surface area contributed by atoms with Crippen LogP contribution in [-0.2, 0) is 15.0 Å². The number of nitrogens with zero attached hydrogens (tertiary/aromatic N) is 1.